The van der Waals surface area contributed by atoms with E-state index in [4.69, 9.17) is 23.2 Å². The molecular formula is C15H19Cl2N3O2. The Morgan fingerprint density at radius 2 is 1.73 bits per heavy atom. The van der Waals surface area contributed by atoms with Gasteiger partial charge in [-0.2, -0.15) is 0 Å². The molecule has 5 nitrogen and oxygen atoms in total. The third-order valence-electron chi connectivity index (χ3n) is 3.70. The van der Waals surface area contributed by atoms with E-state index in [2.05, 4.69) is 10.2 Å². The molecule has 1 aliphatic heterocycles. The number of rotatable bonds is 4. The molecule has 1 saturated heterocycles. The molecule has 0 atom stereocenters. The Kier molecular flexibility index (Phi) is 6.06. The second kappa shape index (κ2) is 7.81. The van der Waals surface area contributed by atoms with Gasteiger partial charge in [0.25, 0.3) is 0 Å². The van der Waals surface area contributed by atoms with E-state index in [0.717, 1.165) is 13.1 Å². The zero-order valence-electron chi connectivity index (χ0n) is 12.4. The molecule has 0 bridgehead atoms. The van der Waals surface area contributed by atoms with Crippen molar-refractivity contribution in [3.63, 3.8) is 0 Å². The van der Waals surface area contributed by atoms with Crippen LogP contribution in [0.4, 0.5) is 5.69 Å². The van der Waals surface area contributed by atoms with Crippen molar-refractivity contribution < 1.29 is 9.59 Å². The van der Waals surface area contributed by atoms with Gasteiger partial charge >= 0.3 is 0 Å². The predicted octanol–water partition coefficient (Wildman–Crippen LogP) is 2.49. The van der Waals surface area contributed by atoms with Crippen LogP contribution in [0.1, 0.15) is 13.3 Å². The van der Waals surface area contributed by atoms with Crippen LogP contribution in [0, 0.1) is 0 Å². The van der Waals surface area contributed by atoms with Crippen molar-refractivity contribution >= 4 is 40.7 Å². The van der Waals surface area contributed by atoms with Crippen molar-refractivity contribution in [2.75, 3.05) is 38.0 Å². The van der Waals surface area contributed by atoms with Crippen molar-refractivity contribution in [2.24, 2.45) is 0 Å². The van der Waals surface area contributed by atoms with Gasteiger partial charge in [-0.05, 0) is 12.1 Å². The van der Waals surface area contributed by atoms with Crippen LogP contribution >= 0.6 is 23.2 Å². The lowest BCUT2D eigenvalue weighted by Crippen LogP contribution is -2.48. The Balaban J connectivity index is 1.78. The van der Waals surface area contributed by atoms with Crippen LogP contribution in [-0.2, 0) is 9.59 Å². The Hall–Kier alpha value is -1.30. The lowest BCUT2D eigenvalue weighted by atomic mass is 10.2. The third kappa shape index (κ3) is 4.60. The van der Waals surface area contributed by atoms with E-state index in [9.17, 15) is 9.59 Å². The monoisotopic (exact) mass is 343 g/mol. The van der Waals surface area contributed by atoms with E-state index in [1.807, 2.05) is 4.90 Å². The van der Waals surface area contributed by atoms with Gasteiger partial charge < -0.3 is 10.2 Å². The van der Waals surface area contributed by atoms with Gasteiger partial charge in [-0.15, -0.1) is 0 Å². The molecule has 1 aliphatic rings. The van der Waals surface area contributed by atoms with E-state index >= 15 is 0 Å². The molecule has 7 heteroatoms. The van der Waals surface area contributed by atoms with Crippen LogP contribution < -0.4 is 5.32 Å². The zero-order chi connectivity index (χ0) is 16.1. The van der Waals surface area contributed by atoms with Crippen molar-refractivity contribution in [1.29, 1.82) is 0 Å². The standard InChI is InChI=1S/C15H19Cl2N3O2/c1-11(21)20-9-7-19(8-10-20)6-5-14(22)18-15-12(16)3-2-4-13(15)17/h2-4H,5-10H2,1H3,(H,18,22). The number of anilines is 1. The highest BCUT2D eigenvalue weighted by molar-refractivity contribution is 6.39. The lowest BCUT2D eigenvalue weighted by molar-refractivity contribution is -0.130. The highest BCUT2D eigenvalue weighted by atomic mass is 35.5. The van der Waals surface area contributed by atoms with Gasteiger partial charge in [-0.25, -0.2) is 0 Å². The normalized spacial score (nSPS) is 15.7. The molecule has 1 aromatic carbocycles. The first-order valence-corrected chi connectivity index (χ1v) is 7.94. The summed E-state index contributed by atoms with van der Waals surface area (Å²) in [5, 5.41) is 3.60. The SMILES string of the molecule is CC(=O)N1CCN(CCC(=O)Nc2c(Cl)cccc2Cl)CC1. The maximum absolute atomic E-state index is 12.0. The highest BCUT2D eigenvalue weighted by Gasteiger charge is 2.19. The average molecular weight is 344 g/mol. The fourth-order valence-electron chi connectivity index (χ4n) is 2.37. The number of benzene rings is 1. The number of carbonyl (C=O) groups excluding carboxylic acids is 2. The largest absolute Gasteiger partial charge is 0.340 e. The summed E-state index contributed by atoms with van der Waals surface area (Å²) < 4.78 is 0. The molecule has 1 N–H and O–H groups in total. The van der Waals surface area contributed by atoms with E-state index in [1.165, 1.54) is 0 Å². The molecule has 0 spiro atoms. The summed E-state index contributed by atoms with van der Waals surface area (Å²) in [7, 11) is 0. The molecule has 0 radical (unpaired) electrons. The van der Waals surface area contributed by atoms with Crippen LogP contribution in [0.5, 0.6) is 0 Å². The minimum Gasteiger partial charge on any atom is -0.340 e. The number of piperazine rings is 1. The third-order valence-corrected chi connectivity index (χ3v) is 4.33. The summed E-state index contributed by atoms with van der Waals surface area (Å²) in [4.78, 5) is 27.3. The minimum atomic E-state index is -0.121. The zero-order valence-corrected chi connectivity index (χ0v) is 14.0. The number of halogens is 2. The fourth-order valence-corrected chi connectivity index (χ4v) is 2.86. The first kappa shape index (κ1) is 17.1. The molecular weight excluding hydrogens is 325 g/mol. The van der Waals surface area contributed by atoms with Gasteiger partial charge in [0.2, 0.25) is 11.8 Å². The van der Waals surface area contributed by atoms with Gasteiger partial charge in [0.15, 0.2) is 0 Å². The van der Waals surface area contributed by atoms with Gasteiger partial charge in [0.1, 0.15) is 0 Å². The van der Waals surface area contributed by atoms with Crippen molar-refractivity contribution in [3.8, 4) is 0 Å². The van der Waals surface area contributed by atoms with E-state index in [0.29, 0.717) is 41.8 Å². The summed E-state index contributed by atoms with van der Waals surface area (Å²) in [5.74, 6) is -0.0187. The maximum atomic E-state index is 12.0. The second-order valence-electron chi connectivity index (χ2n) is 5.24. The Morgan fingerprint density at radius 3 is 2.27 bits per heavy atom. The van der Waals surface area contributed by atoms with Crippen LogP contribution in [0.3, 0.4) is 0 Å². The molecule has 0 saturated carbocycles. The Bertz CT molecular complexity index is 537. The number of hydrogen-bond acceptors (Lipinski definition) is 3. The Morgan fingerprint density at radius 1 is 1.14 bits per heavy atom. The number of nitrogens with zero attached hydrogens (tertiary/aromatic N) is 2. The van der Waals surface area contributed by atoms with E-state index < -0.39 is 0 Å². The first-order chi connectivity index (χ1) is 10.5. The van der Waals surface area contributed by atoms with Crippen molar-refractivity contribution in [2.45, 2.75) is 13.3 Å². The highest BCUT2D eigenvalue weighted by Crippen LogP contribution is 2.29. The number of carbonyl (C=O) groups is 2. The minimum absolute atomic E-state index is 0.103. The van der Waals surface area contributed by atoms with Gasteiger partial charge in [0, 0.05) is 46.1 Å². The van der Waals surface area contributed by atoms with Crippen molar-refractivity contribution in [1.82, 2.24) is 9.80 Å². The topological polar surface area (TPSA) is 52.7 Å². The Labute approximate surface area is 140 Å². The number of nitrogens with one attached hydrogen (secondary N) is 1. The summed E-state index contributed by atoms with van der Waals surface area (Å²) in [6, 6.07) is 5.10. The molecule has 0 unspecified atom stereocenters. The summed E-state index contributed by atoms with van der Waals surface area (Å²) >= 11 is 12.0. The van der Waals surface area contributed by atoms with Gasteiger partial charge in [-0.3, -0.25) is 14.5 Å². The van der Waals surface area contributed by atoms with E-state index in [1.54, 1.807) is 25.1 Å². The molecule has 1 aromatic rings. The maximum Gasteiger partial charge on any atom is 0.225 e. The molecule has 120 valence electrons. The average Bonchev–Trinajstić information content (AvgIpc) is 2.49. The summed E-state index contributed by atoms with van der Waals surface area (Å²) in [6.45, 7) is 5.25. The summed E-state index contributed by atoms with van der Waals surface area (Å²) in [6.07, 6.45) is 0.363. The fraction of sp³-hybridized carbons (Fsp3) is 0.467. The van der Waals surface area contributed by atoms with Crippen LogP contribution in [-0.4, -0.2) is 54.3 Å². The summed E-state index contributed by atoms with van der Waals surface area (Å²) in [5.41, 5.74) is 0.456. The molecule has 22 heavy (non-hydrogen) atoms. The second-order valence-corrected chi connectivity index (χ2v) is 6.06. The van der Waals surface area contributed by atoms with Gasteiger partial charge in [0.05, 0.1) is 15.7 Å². The number of amides is 2. The lowest BCUT2D eigenvalue weighted by Gasteiger charge is -2.34. The van der Waals surface area contributed by atoms with Crippen LogP contribution in [0.25, 0.3) is 0 Å². The molecule has 1 heterocycles. The number of para-hydroxylation sites is 1. The molecule has 2 amide bonds. The quantitative estimate of drug-likeness (QED) is 0.913. The van der Waals surface area contributed by atoms with E-state index in [-0.39, 0.29) is 11.8 Å². The molecule has 0 aromatic heterocycles. The smallest absolute Gasteiger partial charge is 0.225 e. The molecule has 2 rings (SSSR count). The number of hydrogen-bond donors (Lipinski definition) is 1. The van der Waals surface area contributed by atoms with Crippen LogP contribution in [0.2, 0.25) is 10.0 Å². The van der Waals surface area contributed by atoms with Gasteiger partial charge in [-0.1, -0.05) is 29.3 Å². The van der Waals surface area contributed by atoms with Crippen LogP contribution in [0.15, 0.2) is 18.2 Å². The molecule has 0 aliphatic carbocycles. The first-order valence-electron chi connectivity index (χ1n) is 7.19. The molecule has 1 fully saturated rings. The van der Waals surface area contributed by atoms with Crippen molar-refractivity contribution in [3.05, 3.63) is 28.2 Å². The predicted molar refractivity (Wildman–Crippen MR) is 88.4 cm³/mol.